The van der Waals surface area contributed by atoms with Crippen LogP contribution in [0.25, 0.3) is 0 Å². The zero-order valence-electron chi connectivity index (χ0n) is 25.4. The number of hydrogen-bond donors (Lipinski definition) is 0. The zero-order chi connectivity index (χ0) is 25.9. The van der Waals surface area contributed by atoms with Crippen molar-refractivity contribution in [2.24, 2.45) is 0 Å². The number of nitrogens with zero attached hydrogens (tertiary/aromatic N) is 2. The molecule has 1 atom stereocenters. The molecule has 0 saturated carbocycles. The van der Waals surface area contributed by atoms with Crippen LogP contribution in [0.5, 0.6) is 0 Å². The molecule has 0 radical (unpaired) electrons. The maximum absolute atomic E-state index is 2.69. The van der Waals surface area contributed by atoms with Gasteiger partial charge in [-0.2, -0.15) is 0 Å². The highest BCUT2D eigenvalue weighted by molar-refractivity contribution is 4.97. The number of hydrogen-bond acceptors (Lipinski definition) is 2. The molecule has 0 N–H and O–H groups in total. The molecule has 0 spiro atoms. The first-order chi connectivity index (χ1) is 17.8. The van der Waals surface area contributed by atoms with Crippen molar-refractivity contribution in [2.45, 2.75) is 194 Å². The fourth-order valence-electron chi connectivity index (χ4n) is 5.83. The summed E-state index contributed by atoms with van der Waals surface area (Å²) in [5, 5.41) is 0. The van der Waals surface area contributed by atoms with Gasteiger partial charge in [0.05, 0.1) is 0 Å². The molecule has 36 heavy (non-hydrogen) atoms. The lowest BCUT2D eigenvalue weighted by Crippen LogP contribution is -2.39. The van der Waals surface area contributed by atoms with Crippen molar-refractivity contribution < 1.29 is 0 Å². The molecule has 1 aliphatic rings. The van der Waals surface area contributed by atoms with Gasteiger partial charge in [-0.25, -0.2) is 0 Å². The molecule has 1 rings (SSSR count). The van der Waals surface area contributed by atoms with E-state index in [1.54, 1.807) is 0 Å². The van der Waals surface area contributed by atoms with E-state index in [1.807, 2.05) is 0 Å². The molecule has 0 aliphatic carbocycles. The molecule has 0 fully saturated rings. The van der Waals surface area contributed by atoms with Gasteiger partial charge < -0.3 is 9.80 Å². The summed E-state index contributed by atoms with van der Waals surface area (Å²) in [7, 11) is 0. The molecule has 1 heterocycles. The maximum Gasteiger partial charge on any atom is 0.101 e. The third-order valence-corrected chi connectivity index (χ3v) is 8.32. The molecule has 0 aromatic carbocycles. The van der Waals surface area contributed by atoms with Crippen LogP contribution in [0.1, 0.15) is 188 Å². The predicted octanol–water partition coefficient (Wildman–Crippen LogP) is 11.6. The molecule has 2 nitrogen and oxygen atoms in total. The smallest absolute Gasteiger partial charge is 0.101 e. The van der Waals surface area contributed by atoms with Gasteiger partial charge in [0.15, 0.2) is 0 Å². The van der Waals surface area contributed by atoms with Gasteiger partial charge in [0.25, 0.3) is 0 Å². The van der Waals surface area contributed by atoms with Crippen LogP contribution in [0.2, 0.25) is 0 Å². The van der Waals surface area contributed by atoms with Crippen LogP contribution in [0.3, 0.4) is 0 Å². The van der Waals surface area contributed by atoms with Crippen LogP contribution in [0.4, 0.5) is 0 Å². The van der Waals surface area contributed by atoms with Gasteiger partial charge in [-0.1, -0.05) is 162 Å². The standard InChI is InChI=1S/C34H68N2/c1-4-7-10-12-14-16-18-19-21-23-25-28-31-36-33-32-35(30-27-9-6-3)34(36)29-26-24-22-20-17-15-13-11-8-5-2/h32-34H,4-31H2,1-3H3. The molecular formula is C34H68N2. The summed E-state index contributed by atoms with van der Waals surface area (Å²) in [6, 6.07) is 0. The van der Waals surface area contributed by atoms with Crippen LogP contribution in [0.15, 0.2) is 12.4 Å². The summed E-state index contributed by atoms with van der Waals surface area (Å²) in [5.41, 5.74) is 0. The van der Waals surface area contributed by atoms with E-state index >= 15 is 0 Å². The van der Waals surface area contributed by atoms with E-state index in [0.717, 1.165) is 0 Å². The van der Waals surface area contributed by atoms with E-state index in [4.69, 9.17) is 0 Å². The Balaban J connectivity index is 2.14. The Hall–Kier alpha value is -0.660. The van der Waals surface area contributed by atoms with E-state index in [-0.39, 0.29) is 0 Å². The predicted molar refractivity (Wildman–Crippen MR) is 163 cm³/mol. The second kappa shape index (κ2) is 26.0. The first-order valence-electron chi connectivity index (χ1n) is 17.0. The Bertz CT molecular complexity index is 460. The lowest BCUT2D eigenvalue weighted by atomic mass is 10.0. The molecule has 214 valence electrons. The van der Waals surface area contributed by atoms with E-state index in [2.05, 4.69) is 43.0 Å². The maximum atomic E-state index is 2.69. The second-order valence-electron chi connectivity index (χ2n) is 11.8. The third-order valence-electron chi connectivity index (χ3n) is 8.32. The summed E-state index contributed by atoms with van der Waals surface area (Å²) >= 11 is 0. The summed E-state index contributed by atoms with van der Waals surface area (Å²) in [5.74, 6) is 0. The van der Waals surface area contributed by atoms with Crippen LogP contribution in [-0.4, -0.2) is 29.1 Å². The number of unbranched alkanes of at least 4 members (excludes halogenated alkanes) is 22. The van der Waals surface area contributed by atoms with Crippen molar-refractivity contribution in [1.29, 1.82) is 0 Å². The Kier molecular flexibility index (Phi) is 24.1. The minimum Gasteiger partial charge on any atom is -0.356 e. The van der Waals surface area contributed by atoms with Crippen molar-refractivity contribution in [3.63, 3.8) is 0 Å². The molecule has 0 bridgehead atoms. The Morgan fingerprint density at radius 3 is 1.03 bits per heavy atom. The van der Waals surface area contributed by atoms with Gasteiger partial charge >= 0.3 is 0 Å². The highest BCUT2D eigenvalue weighted by atomic mass is 15.4. The number of rotatable bonds is 28. The first-order valence-corrected chi connectivity index (χ1v) is 17.0. The summed E-state index contributed by atoms with van der Waals surface area (Å²) < 4.78 is 0. The average Bonchev–Trinajstić information content (AvgIpc) is 3.27. The van der Waals surface area contributed by atoms with Crippen molar-refractivity contribution in [2.75, 3.05) is 13.1 Å². The fraction of sp³-hybridized carbons (Fsp3) is 0.941. The summed E-state index contributed by atoms with van der Waals surface area (Å²) in [4.78, 5) is 5.36. The van der Waals surface area contributed by atoms with Gasteiger partial charge in [0.1, 0.15) is 6.17 Å². The van der Waals surface area contributed by atoms with Gasteiger partial charge in [-0.05, 0) is 25.7 Å². The van der Waals surface area contributed by atoms with Gasteiger partial charge in [-0.15, -0.1) is 0 Å². The average molecular weight is 505 g/mol. The SMILES string of the molecule is CCCCCCCCCCCCCCN1C=CN(CCCCC)C1CCCCCCCCCCCC. The lowest BCUT2D eigenvalue weighted by Gasteiger charge is -2.33. The lowest BCUT2D eigenvalue weighted by molar-refractivity contribution is 0.135. The molecular weight excluding hydrogens is 436 g/mol. The highest BCUT2D eigenvalue weighted by Gasteiger charge is 2.24. The van der Waals surface area contributed by atoms with Crippen LogP contribution >= 0.6 is 0 Å². The first kappa shape index (κ1) is 33.4. The largest absolute Gasteiger partial charge is 0.356 e. The van der Waals surface area contributed by atoms with Crippen molar-refractivity contribution >= 4 is 0 Å². The van der Waals surface area contributed by atoms with Gasteiger partial charge in [0, 0.05) is 25.5 Å². The quantitative estimate of drug-likeness (QED) is 0.0977. The normalized spacial score (nSPS) is 15.5. The summed E-state index contributed by atoms with van der Waals surface area (Å²) in [6.07, 6.45) is 42.5. The molecule has 0 aromatic heterocycles. The molecule has 0 aromatic rings. The van der Waals surface area contributed by atoms with Crippen LogP contribution < -0.4 is 0 Å². The van der Waals surface area contributed by atoms with Crippen LogP contribution in [-0.2, 0) is 0 Å². The monoisotopic (exact) mass is 505 g/mol. The minimum atomic E-state index is 0.642. The van der Waals surface area contributed by atoms with E-state index in [0.29, 0.717) is 6.17 Å². The van der Waals surface area contributed by atoms with Crippen LogP contribution in [0, 0.1) is 0 Å². The van der Waals surface area contributed by atoms with Gasteiger partial charge in [0.2, 0.25) is 0 Å². The topological polar surface area (TPSA) is 6.48 Å². The molecule has 1 unspecified atom stereocenters. The Morgan fingerprint density at radius 1 is 0.361 bits per heavy atom. The highest BCUT2D eigenvalue weighted by Crippen LogP contribution is 2.24. The molecule has 2 heteroatoms. The van der Waals surface area contributed by atoms with E-state index in [9.17, 15) is 0 Å². The molecule has 0 saturated heterocycles. The minimum absolute atomic E-state index is 0.642. The summed E-state index contributed by atoms with van der Waals surface area (Å²) in [6.45, 7) is 9.45. The van der Waals surface area contributed by atoms with Crippen molar-refractivity contribution in [3.8, 4) is 0 Å². The fourth-order valence-corrected chi connectivity index (χ4v) is 5.83. The Labute approximate surface area is 229 Å². The molecule has 0 amide bonds. The zero-order valence-corrected chi connectivity index (χ0v) is 25.4. The third kappa shape index (κ3) is 18.6. The molecule has 1 aliphatic heterocycles. The van der Waals surface area contributed by atoms with Gasteiger partial charge in [-0.3, -0.25) is 0 Å². The van der Waals surface area contributed by atoms with Crippen molar-refractivity contribution in [1.82, 2.24) is 9.80 Å². The van der Waals surface area contributed by atoms with E-state index < -0.39 is 0 Å². The van der Waals surface area contributed by atoms with E-state index in [1.165, 1.54) is 180 Å². The second-order valence-corrected chi connectivity index (χ2v) is 11.8. The van der Waals surface area contributed by atoms with Crippen molar-refractivity contribution in [3.05, 3.63) is 12.4 Å². The Morgan fingerprint density at radius 2 is 0.639 bits per heavy atom.